The second-order valence-electron chi connectivity index (χ2n) is 4.23. The molecule has 0 radical (unpaired) electrons. The molecule has 0 fully saturated rings. The number of para-hydroxylation sites is 2. The number of nitrogens with zero attached hydrogens (tertiary/aromatic N) is 1. The van der Waals surface area contributed by atoms with Gasteiger partial charge >= 0.3 is 0 Å². The number of benzene rings is 2. The molecule has 0 bridgehead atoms. The van der Waals surface area contributed by atoms with E-state index in [1.165, 1.54) is 0 Å². The molecule has 4 heteroatoms. The van der Waals surface area contributed by atoms with Crippen LogP contribution in [0.15, 0.2) is 42.5 Å². The highest BCUT2D eigenvalue weighted by molar-refractivity contribution is 5.50. The molecule has 0 saturated heterocycles. The second kappa shape index (κ2) is 6.60. The largest absolute Gasteiger partial charge is 0.493 e. The van der Waals surface area contributed by atoms with E-state index in [0.29, 0.717) is 29.4 Å². The van der Waals surface area contributed by atoms with Crippen LogP contribution in [0.5, 0.6) is 17.2 Å². The van der Waals surface area contributed by atoms with Crippen LogP contribution in [-0.4, -0.2) is 14.2 Å². The van der Waals surface area contributed by atoms with Crippen LogP contribution in [0.25, 0.3) is 0 Å². The smallest absolute Gasteiger partial charge is 0.169 e. The minimum atomic E-state index is 0.503. The van der Waals surface area contributed by atoms with Crippen molar-refractivity contribution < 1.29 is 9.47 Å². The summed E-state index contributed by atoms with van der Waals surface area (Å²) in [5.41, 5.74) is 1.54. The highest BCUT2D eigenvalue weighted by atomic mass is 16.5. The van der Waals surface area contributed by atoms with Crippen LogP contribution in [0.4, 0.5) is 0 Å². The molecule has 2 aromatic rings. The fourth-order valence-corrected chi connectivity index (χ4v) is 1.89. The number of ether oxygens (including phenoxy) is 2. The average Bonchev–Trinajstić information content (AvgIpc) is 2.49. The van der Waals surface area contributed by atoms with Crippen molar-refractivity contribution in [3.63, 3.8) is 0 Å². The lowest BCUT2D eigenvalue weighted by atomic mass is 10.1. The van der Waals surface area contributed by atoms with Gasteiger partial charge in [0.1, 0.15) is 11.8 Å². The first-order valence-corrected chi connectivity index (χ1v) is 6.27. The van der Waals surface area contributed by atoms with E-state index in [2.05, 4.69) is 11.4 Å². The van der Waals surface area contributed by atoms with Gasteiger partial charge in [0.05, 0.1) is 12.7 Å². The Bertz CT molecular complexity index is 633. The van der Waals surface area contributed by atoms with E-state index in [0.717, 1.165) is 5.56 Å². The first kappa shape index (κ1) is 13.9. The molecule has 0 unspecified atom stereocenters. The second-order valence-corrected chi connectivity index (χ2v) is 4.23. The first-order valence-electron chi connectivity index (χ1n) is 6.27. The van der Waals surface area contributed by atoms with Gasteiger partial charge in [-0.1, -0.05) is 18.2 Å². The van der Waals surface area contributed by atoms with Gasteiger partial charge in [-0.25, -0.2) is 0 Å². The van der Waals surface area contributed by atoms with Gasteiger partial charge in [0.2, 0.25) is 0 Å². The molecule has 2 rings (SSSR count). The predicted octanol–water partition coefficient (Wildman–Crippen LogP) is 3.08. The summed E-state index contributed by atoms with van der Waals surface area (Å²) in [7, 11) is 3.45. The quantitative estimate of drug-likeness (QED) is 0.905. The van der Waals surface area contributed by atoms with Gasteiger partial charge in [0, 0.05) is 6.54 Å². The summed E-state index contributed by atoms with van der Waals surface area (Å²) < 4.78 is 11.0. The summed E-state index contributed by atoms with van der Waals surface area (Å²) in [5.74, 6) is 1.75. The highest BCUT2D eigenvalue weighted by Gasteiger charge is 2.09. The maximum Gasteiger partial charge on any atom is 0.169 e. The molecular weight excluding hydrogens is 252 g/mol. The van der Waals surface area contributed by atoms with Crippen LogP contribution in [0.1, 0.15) is 11.1 Å². The number of hydrogen-bond donors (Lipinski definition) is 1. The molecule has 0 aliphatic heterocycles. The number of nitrogens with one attached hydrogen (secondary N) is 1. The van der Waals surface area contributed by atoms with Crippen molar-refractivity contribution in [1.82, 2.24) is 5.32 Å². The summed E-state index contributed by atoms with van der Waals surface area (Å²) in [6.45, 7) is 0.712. The topological polar surface area (TPSA) is 54.3 Å². The lowest BCUT2D eigenvalue weighted by Crippen LogP contribution is -2.05. The van der Waals surface area contributed by atoms with E-state index in [9.17, 15) is 5.26 Å². The monoisotopic (exact) mass is 268 g/mol. The third-order valence-electron chi connectivity index (χ3n) is 2.83. The summed E-state index contributed by atoms with van der Waals surface area (Å²) in [4.78, 5) is 0. The maximum atomic E-state index is 9.23. The fourth-order valence-electron chi connectivity index (χ4n) is 1.89. The zero-order valence-corrected chi connectivity index (χ0v) is 11.5. The van der Waals surface area contributed by atoms with Gasteiger partial charge < -0.3 is 14.8 Å². The SMILES string of the molecule is CNCc1ccc(Oc2ccccc2OC)c(C#N)c1. The normalized spacial score (nSPS) is 9.85. The van der Waals surface area contributed by atoms with Crippen molar-refractivity contribution in [2.75, 3.05) is 14.2 Å². The Balaban J connectivity index is 2.31. The fraction of sp³-hybridized carbons (Fsp3) is 0.188. The highest BCUT2D eigenvalue weighted by Crippen LogP contribution is 2.32. The number of hydrogen-bond acceptors (Lipinski definition) is 4. The molecule has 0 atom stereocenters. The molecule has 2 aromatic carbocycles. The van der Waals surface area contributed by atoms with Crippen LogP contribution >= 0.6 is 0 Å². The standard InChI is InChI=1S/C16H16N2O2/c1-18-11-12-7-8-14(13(9-12)10-17)20-16-6-4-3-5-15(16)19-2/h3-9,18H,11H2,1-2H3. The van der Waals surface area contributed by atoms with Crippen LogP contribution in [0, 0.1) is 11.3 Å². The molecule has 4 nitrogen and oxygen atoms in total. The minimum Gasteiger partial charge on any atom is -0.493 e. The molecular formula is C16H16N2O2. The minimum absolute atomic E-state index is 0.503. The Kier molecular flexibility index (Phi) is 4.59. The van der Waals surface area contributed by atoms with Crippen LogP contribution < -0.4 is 14.8 Å². The van der Waals surface area contributed by atoms with Gasteiger partial charge in [-0.15, -0.1) is 0 Å². The van der Waals surface area contributed by atoms with E-state index in [1.807, 2.05) is 43.4 Å². The third kappa shape index (κ3) is 3.08. The molecule has 0 saturated carbocycles. The third-order valence-corrected chi connectivity index (χ3v) is 2.83. The Morgan fingerprint density at radius 1 is 1.10 bits per heavy atom. The van der Waals surface area contributed by atoms with Crippen molar-refractivity contribution in [3.8, 4) is 23.3 Å². The van der Waals surface area contributed by atoms with E-state index in [1.54, 1.807) is 13.2 Å². The summed E-state index contributed by atoms with van der Waals surface area (Å²) in [6.07, 6.45) is 0. The summed E-state index contributed by atoms with van der Waals surface area (Å²) in [5, 5.41) is 12.3. The molecule has 20 heavy (non-hydrogen) atoms. The molecule has 0 heterocycles. The zero-order chi connectivity index (χ0) is 14.4. The first-order chi connectivity index (χ1) is 9.78. The summed E-state index contributed by atoms with van der Waals surface area (Å²) in [6, 6.07) is 15.1. The predicted molar refractivity (Wildman–Crippen MR) is 77.0 cm³/mol. The van der Waals surface area contributed by atoms with E-state index in [4.69, 9.17) is 9.47 Å². The molecule has 0 amide bonds. The maximum absolute atomic E-state index is 9.23. The lowest BCUT2D eigenvalue weighted by Gasteiger charge is -2.11. The van der Waals surface area contributed by atoms with Crippen molar-refractivity contribution in [1.29, 1.82) is 5.26 Å². The van der Waals surface area contributed by atoms with Gasteiger partial charge in [-0.2, -0.15) is 5.26 Å². The molecule has 0 aromatic heterocycles. The van der Waals surface area contributed by atoms with Crippen LogP contribution in [-0.2, 0) is 6.54 Å². The van der Waals surface area contributed by atoms with Gasteiger partial charge in [0.15, 0.2) is 11.5 Å². The van der Waals surface area contributed by atoms with E-state index >= 15 is 0 Å². The average molecular weight is 268 g/mol. The zero-order valence-electron chi connectivity index (χ0n) is 11.5. The van der Waals surface area contributed by atoms with Gasteiger partial charge in [-0.3, -0.25) is 0 Å². The van der Waals surface area contributed by atoms with Crippen LogP contribution in [0.3, 0.4) is 0 Å². The van der Waals surface area contributed by atoms with Crippen molar-refractivity contribution in [2.24, 2.45) is 0 Å². The summed E-state index contributed by atoms with van der Waals surface area (Å²) >= 11 is 0. The molecule has 0 spiro atoms. The molecule has 0 aliphatic carbocycles. The molecule has 1 N–H and O–H groups in total. The van der Waals surface area contributed by atoms with Gasteiger partial charge in [0.25, 0.3) is 0 Å². The number of nitriles is 1. The van der Waals surface area contributed by atoms with E-state index < -0.39 is 0 Å². The lowest BCUT2D eigenvalue weighted by molar-refractivity contribution is 0.378. The Morgan fingerprint density at radius 3 is 2.50 bits per heavy atom. The van der Waals surface area contributed by atoms with Crippen LogP contribution in [0.2, 0.25) is 0 Å². The molecule has 0 aliphatic rings. The Labute approximate surface area is 118 Å². The van der Waals surface area contributed by atoms with Gasteiger partial charge in [-0.05, 0) is 36.9 Å². The van der Waals surface area contributed by atoms with Crippen molar-refractivity contribution in [3.05, 3.63) is 53.6 Å². The van der Waals surface area contributed by atoms with E-state index in [-0.39, 0.29) is 0 Å². The Morgan fingerprint density at radius 2 is 1.85 bits per heavy atom. The van der Waals surface area contributed by atoms with Crippen molar-refractivity contribution >= 4 is 0 Å². The number of rotatable bonds is 5. The number of methoxy groups -OCH3 is 1. The Hall–Kier alpha value is -2.51. The van der Waals surface area contributed by atoms with Crippen molar-refractivity contribution in [2.45, 2.75) is 6.54 Å². The molecule has 102 valence electrons.